The largest absolute Gasteiger partial charge is 0.496 e. The molecule has 0 aliphatic carbocycles. The van der Waals surface area contributed by atoms with Crippen LogP contribution in [0.5, 0.6) is 5.75 Å². The maximum atomic E-state index is 5.53. The summed E-state index contributed by atoms with van der Waals surface area (Å²) in [6, 6.07) is 4.34. The Hall–Kier alpha value is -1.97. The quantitative estimate of drug-likeness (QED) is 0.899. The lowest BCUT2D eigenvalue weighted by Gasteiger charge is -2.25. The monoisotopic (exact) mass is 257 g/mol. The van der Waals surface area contributed by atoms with Gasteiger partial charge in [-0.3, -0.25) is 4.68 Å². The highest BCUT2D eigenvalue weighted by Crippen LogP contribution is 2.40. The first-order valence-electron chi connectivity index (χ1n) is 6.64. The van der Waals surface area contributed by atoms with Crippen LogP contribution in [-0.2, 0) is 7.05 Å². The number of anilines is 1. The second-order valence-corrected chi connectivity index (χ2v) is 5.16. The second kappa shape index (κ2) is 4.61. The molecule has 0 amide bonds. The van der Waals surface area contributed by atoms with Crippen molar-refractivity contribution in [2.45, 2.75) is 19.3 Å². The maximum absolute atomic E-state index is 5.53. The first kappa shape index (κ1) is 12.1. The van der Waals surface area contributed by atoms with Crippen LogP contribution < -0.4 is 10.1 Å². The number of aromatic nitrogens is 2. The van der Waals surface area contributed by atoms with E-state index in [1.54, 1.807) is 7.11 Å². The molecule has 1 aromatic carbocycles. The van der Waals surface area contributed by atoms with Crippen LogP contribution in [0.4, 0.5) is 5.69 Å². The fourth-order valence-electron chi connectivity index (χ4n) is 2.69. The molecule has 1 N–H and O–H groups in total. The lowest BCUT2D eigenvalue weighted by molar-refractivity contribution is 0.416. The van der Waals surface area contributed by atoms with Crippen molar-refractivity contribution in [2.24, 2.45) is 7.05 Å². The van der Waals surface area contributed by atoms with E-state index in [-0.39, 0.29) is 0 Å². The standard InChI is InChI=1S/C15H19N3O/c1-10-4-5-16-14-7-15(19-3)13(6-12(10)14)11-8-17-18(2)9-11/h6-10,16H,4-5H2,1-3H3. The van der Waals surface area contributed by atoms with E-state index in [4.69, 9.17) is 4.74 Å². The summed E-state index contributed by atoms with van der Waals surface area (Å²) in [5.74, 6) is 1.48. The molecule has 1 aliphatic heterocycles. The molecule has 1 aliphatic rings. The highest BCUT2D eigenvalue weighted by molar-refractivity contribution is 5.75. The zero-order valence-corrected chi connectivity index (χ0v) is 11.6. The highest BCUT2D eigenvalue weighted by Gasteiger charge is 2.20. The minimum absolute atomic E-state index is 0.581. The summed E-state index contributed by atoms with van der Waals surface area (Å²) < 4.78 is 7.35. The number of hydrogen-bond donors (Lipinski definition) is 1. The lowest BCUT2D eigenvalue weighted by Crippen LogP contribution is -2.15. The number of methoxy groups -OCH3 is 1. The van der Waals surface area contributed by atoms with Crippen molar-refractivity contribution < 1.29 is 4.74 Å². The first-order chi connectivity index (χ1) is 9.19. The van der Waals surface area contributed by atoms with Crippen molar-refractivity contribution in [3.05, 3.63) is 30.1 Å². The Kier molecular flexibility index (Phi) is 2.93. The number of hydrogen-bond acceptors (Lipinski definition) is 3. The van der Waals surface area contributed by atoms with Crippen molar-refractivity contribution in [3.63, 3.8) is 0 Å². The molecule has 1 unspecified atom stereocenters. The van der Waals surface area contributed by atoms with Crippen LogP contribution in [0.2, 0.25) is 0 Å². The molecule has 0 bridgehead atoms. The van der Waals surface area contributed by atoms with Crippen molar-refractivity contribution in [1.29, 1.82) is 0 Å². The molecule has 4 nitrogen and oxygen atoms in total. The van der Waals surface area contributed by atoms with Gasteiger partial charge in [-0.1, -0.05) is 6.92 Å². The van der Waals surface area contributed by atoms with Gasteiger partial charge in [0.2, 0.25) is 0 Å². The van der Waals surface area contributed by atoms with Crippen LogP contribution in [0.25, 0.3) is 11.1 Å². The van der Waals surface area contributed by atoms with Crippen LogP contribution in [0.3, 0.4) is 0 Å². The fourth-order valence-corrected chi connectivity index (χ4v) is 2.69. The predicted octanol–water partition coefficient (Wildman–Crippen LogP) is 3.01. The molecule has 3 rings (SSSR count). The van der Waals surface area contributed by atoms with E-state index >= 15 is 0 Å². The smallest absolute Gasteiger partial charge is 0.128 e. The van der Waals surface area contributed by atoms with Gasteiger partial charge in [0.15, 0.2) is 0 Å². The zero-order valence-electron chi connectivity index (χ0n) is 11.6. The van der Waals surface area contributed by atoms with Crippen LogP contribution >= 0.6 is 0 Å². The third-order valence-electron chi connectivity index (χ3n) is 3.81. The van der Waals surface area contributed by atoms with Gasteiger partial charge >= 0.3 is 0 Å². The van der Waals surface area contributed by atoms with Gasteiger partial charge in [-0.25, -0.2) is 0 Å². The zero-order chi connectivity index (χ0) is 13.4. The van der Waals surface area contributed by atoms with E-state index in [0.29, 0.717) is 5.92 Å². The highest BCUT2D eigenvalue weighted by atomic mass is 16.5. The molecule has 2 heterocycles. The Morgan fingerprint density at radius 1 is 1.42 bits per heavy atom. The summed E-state index contributed by atoms with van der Waals surface area (Å²) in [6.07, 6.45) is 5.07. The number of fused-ring (bicyclic) bond motifs is 1. The minimum Gasteiger partial charge on any atom is -0.496 e. The topological polar surface area (TPSA) is 39.1 Å². The van der Waals surface area contributed by atoms with Crippen molar-refractivity contribution in [2.75, 3.05) is 19.0 Å². The number of ether oxygens (including phenoxy) is 1. The summed E-state index contributed by atoms with van der Waals surface area (Å²) in [5.41, 5.74) is 4.78. The summed E-state index contributed by atoms with van der Waals surface area (Å²) in [7, 11) is 3.65. The van der Waals surface area contributed by atoms with Crippen LogP contribution in [0, 0.1) is 0 Å². The number of aryl methyl sites for hydroxylation is 1. The van der Waals surface area contributed by atoms with Gasteiger partial charge in [0.05, 0.1) is 13.3 Å². The molecule has 1 atom stereocenters. The molecule has 0 radical (unpaired) electrons. The van der Waals surface area contributed by atoms with E-state index in [9.17, 15) is 0 Å². The lowest BCUT2D eigenvalue weighted by atomic mass is 9.90. The van der Waals surface area contributed by atoms with Gasteiger partial charge < -0.3 is 10.1 Å². The fraction of sp³-hybridized carbons (Fsp3) is 0.400. The molecular formula is C15H19N3O. The van der Waals surface area contributed by atoms with E-state index in [0.717, 1.165) is 23.4 Å². The third-order valence-corrected chi connectivity index (χ3v) is 3.81. The van der Waals surface area contributed by atoms with E-state index in [1.165, 1.54) is 17.7 Å². The van der Waals surface area contributed by atoms with Gasteiger partial charge in [0, 0.05) is 42.7 Å². The van der Waals surface area contributed by atoms with Gasteiger partial charge in [-0.2, -0.15) is 5.10 Å². The summed E-state index contributed by atoms with van der Waals surface area (Å²) in [6.45, 7) is 3.31. The van der Waals surface area contributed by atoms with Crippen molar-refractivity contribution in [3.8, 4) is 16.9 Å². The Bertz CT molecular complexity index is 603. The summed E-state index contributed by atoms with van der Waals surface area (Å²) in [4.78, 5) is 0. The van der Waals surface area contributed by atoms with Crippen LogP contribution in [-0.4, -0.2) is 23.4 Å². The maximum Gasteiger partial charge on any atom is 0.128 e. The SMILES string of the molecule is COc1cc2c(cc1-c1cnn(C)c1)C(C)CCN2. The average molecular weight is 257 g/mol. The van der Waals surface area contributed by atoms with E-state index in [1.807, 2.05) is 24.1 Å². The predicted molar refractivity (Wildman–Crippen MR) is 76.7 cm³/mol. The number of benzene rings is 1. The Labute approximate surface area is 113 Å². The van der Waals surface area contributed by atoms with Crippen molar-refractivity contribution in [1.82, 2.24) is 9.78 Å². The minimum atomic E-state index is 0.581. The molecule has 0 spiro atoms. The van der Waals surface area contributed by atoms with Gasteiger partial charge in [0.25, 0.3) is 0 Å². The number of nitrogens with one attached hydrogen (secondary N) is 1. The first-order valence-corrected chi connectivity index (χ1v) is 6.64. The third kappa shape index (κ3) is 2.07. The molecule has 2 aromatic rings. The van der Waals surface area contributed by atoms with Crippen LogP contribution in [0.15, 0.2) is 24.5 Å². The van der Waals surface area contributed by atoms with Crippen LogP contribution in [0.1, 0.15) is 24.8 Å². The summed E-state index contributed by atoms with van der Waals surface area (Å²) >= 11 is 0. The number of nitrogens with zero attached hydrogens (tertiary/aromatic N) is 2. The number of rotatable bonds is 2. The average Bonchev–Trinajstić information content (AvgIpc) is 2.84. The normalized spacial score (nSPS) is 17.7. The molecule has 1 aromatic heterocycles. The molecule has 0 saturated heterocycles. The Balaban J connectivity index is 2.15. The van der Waals surface area contributed by atoms with Crippen molar-refractivity contribution >= 4 is 5.69 Å². The molecule has 0 fully saturated rings. The van der Waals surface area contributed by atoms with Gasteiger partial charge in [0.1, 0.15) is 5.75 Å². The molecule has 19 heavy (non-hydrogen) atoms. The summed E-state index contributed by atoms with van der Waals surface area (Å²) in [5, 5.41) is 7.70. The van der Waals surface area contributed by atoms with E-state index < -0.39 is 0 Å². The molecule has 100 valence electrons. The Morgan fingerprint density at radius 2 is 2.26 bits per heavy atom. The van der Waals surface area contributed by atoms with E-state index in [2.05, 4.69) is 29.5 Å². The molecule has 4 heteroatoms. The van der Waals surface area contributed by atoms with Gasteiger partial charge in [-0.15, -0.1) is 0 Å². The molecular weight excluding hydrogens is 238 g/mol. The Morgan fingerprint density at radius 3 is 2.95 bits per heavy atom. The molecule has 0 saturated carbocycles. The van der Waals surface area contributed by atoms with Gasteiger partial charge in [-0.05, 0) is 24.0 Å². The second-order valence-electron chi connectivity index (χ2n) is 5.16.